The number of nitrogens with zero attached hydrogens (tertiary/aromatic N) is 5. The Morgan fingerprint density at radius 1 is 0.696 bits per heavy atom. The molecule has 1 fully saturated rings. The lowest BCUT2D eigenvalue weighted by atomic mass is 10.2. The minimum Gasteiger partial charge on any atom is -0.368 e. The maximum Gasteiger partial charge on any atom is 0.225 e. The molecule has 0 radical (unpaired) electrons. The zero-order valence-electron chi connectivity index (χ0n) is 14.7. The van der Waals surface area contributed by atoms with Gasteiger partial charge in [0.2, 0.25) is 5.95 Å². The SMILES string of the molecule is Cc1cc(N2CCN(c3nc(C)c(C)c(C)n3)CC2)cc(C)n1. The Morgan fingerprint density at radius 2 is 1.17 bits per heavy atom. The van der Waals surface area contributed by atoms with Gasteiger partial charge >= 0.3 is 0 Å². The van der Waals surface area contributed by atoms with Gasteiger partial charge in [0.25, 0.3) is 0 Å². The molecule has 0 saturated carbocycles. The van der Waals surface area contributed by atoms with E-state index < -0.39 is 0 Å². The molecule has 0 unspecified atom stereocenters. The standard InChI is InChI=1S/C18H25N5/c1-12-10-17(11-13(2)19-12)22-6-8-23(9-7-22)18-20-15(4)14(3)16(5)21-18/h10-11H,6-9H2,1-5H3. The molecule has 0 aliphatic carbocycles. The maximum atomic E-state index is 4.67. The van der Waals surface area contributed by atoms with Crippen LogP contribution in [0.3, 0.4) is 0 Å². The summed E-state index contributed by atoms with van der Waals surface area (Å²) < 4.78 is 0. The molecule has 5 heteroatoms. The zero-order chi connectivity index (χ0) is 16.6. The lowest BCUT2D eigenvalue weighted by molar-refractivity contribution is 0.637. The van der Waals surface area contributed by atoms with E-state index in [2.05, 4.69) is 71.5 Å². The van der Waals surface area contributed by atoms with Gasteiger partial charge in [0.15, 0.2) is 0 Å². The van der Waals surface area contributed by atoms with Crippen molar-refractivity contribution in [3.63, 3.8) is 0 Å². The third-order valence-corrected chi connectivity index (χ3v) is 4.61. The fourth-order valence-electron chi connectivity index (χ4n) is 3.06. The van der Waals surface area contributed by atoms with Crippen molar-refractivity contribution in [2.75, 3.05) is 36.0 Å². The van der Waals surface area contributed by atoms with E-state index in [1.54, 1.807) is 0 Å². The molecule has 2 aromatic rings. The second-order valence-corrected chi connectivity index (χ2v) is 6.40. The highest BCUT2D eigenvalue weighted by atomic mass is 15.3. The predicted molar refractivity (Wildman–Crippen MR) is 94.4 cm³/mol. The lowest BCUT2D eigenvalue weighted by Crippen LogP contribution is -2.47. The van der Waals surface area contributed by atoms with Crippen LogP contribution in [0.1, 0.15) is 28.3 Å². The highest BCUT2D eigenvalue weighted by Gasteiger charge is 2.20. The van der Waals surface area contributed by atoms with E-state index in [1.807, 2.05) is 0 Å². The monoisotopic (exact) mass is 311 g/mol. The number of piperazine rings is 1. The quantitative estimate of drug-likeness (QED) is 0.853. The minimum atomic E-state index is 0.868. The van der Waals surface area contributed by atoms with Gasteiger partial charge in [-0.05, 0) is 52.3 Å². The topological polar surface area (TPSA) is 45.2 Å². The molecule has 0 N–H and O–H groups in total. The number of rotatable bonds is 2. The molecule has 2 aromatic heterocycles. The Bertz CT molecular complexity index is 674. The number of hydrogen-bond acceptors (Lipinski definition) is 5. The van der Waals surface area contributed by atoms with E-state index in [0.29, 0.717) is 0 Å². The Labute approximate surface area is 138 Å². The first-order valence-electron chi connectivity index (χ1n) is 8.21. The molecule has 23 heavy (non-hydrogen) atoms. The van der Waals surface area contributed by atoms with Crippen molar-refractivity contribution in [2.45, 2.75) is 34.6 Å². The van der Waals surface area contributed by atoms with E-state index in [9.17, 15) is 0 Å². The van der Waals surface area contributed by atoms with Crippen molar-refractivity contribution in [1.29, 1.82) is 0 Å². The fourth-order valence-corrected chi connectivity index (χ4v) is 3.06. The summed E-state index contributed by atoms with van der Waals surface area (Å²) in [4.78, 5) is 18.5. The molecule has 1 aliphatic heterocycles. The number of pyridine rings is 1. The first kappa shape index (κ1) is 15.7. The van der Waals surface area contributed by atoms with Crippen molar-refractivity contribution >= 4 is 11.6 Å². The molecule has 122 valence electrons. The van der Waals surface area contributed by atoms with Gasteiger partial charge in [0, 0.05) is 54.6 Å². The summed E-state index contributed by atoms with van der Waals surface area (Å²) >= 11 is 0. The van der Waals surface area contributed by atoms with E-state index in [0.717, 1.165) is 54.9 Å². The molecule has 3 rings (SSSR count). The molecule has 1 saturated heterocycles. The van der Waals surface area contributed by atoms with Crippen LogP contribution in [0.25, 0.3) is 0 Å². The number of aryl methyl sites for hydroxylation is 4. The van der Waals surface area contributed by atoms with Crippen LogP contribution in [0.4, 0.5) is 11.6 Å². The fraction of sp³-hybridized carbons (Fsp3) is 0.500. The average molecular weight is 311 g/mol. The van der Waals surface area contributed by atoms with Gasteiger partial charge in [-0.3, -0.25) is 4.98 Å². The number of hydrogen-bond donors (Lipinski definition) is 0. The van der Waals surface area contributed by atoms with Gasteiger partial charge in [0.05, 0.1) is 0 Å². The summed E-state index contributed by atoms with van der Waals surface area (Å²) in [6.45, 7) is 14.2. The first-order valence-corrected chi connectivity index (χ1v) is 8.21. The molecule has 0 aromatic carbocycles. The van der Waals surface area contributed by atoms with Crippen LogP contribution < -0.4 is 9.80 Å². The molecule has 0 bridgehead atoms. The van der Waals surface area contributed by atoms with E-state index in [1.165, 1.54) is 11.3 Å². The first-order chi connectivity index (χ1) is 10.9. The van der Waals surface area contributed by atoms with E-state index in [4.69, 9.17) is 0 Å². The molecule has 5 nitrogen and oxygen atoms in total. The van der Waals surface area contributed by atoms with Crippen molar-refractivity contribution < 1.29 is 0 Å². The highest BCUT2D eigenvalue weighted by molar-refractivity contribution is 5.50. The highest BCUT2D eigenvalue weighted by Crippen LogP contribution is 2.21. The Morgan fingerprint density at radius 3 is 1.70 bits per heavy atom. The van der Waals surface area contributed by atoms with Crippen LogP contribution in [0.5, 0.6) is 0 Å². The van der Waals surface area contributed by atoms with Crippen LogP contribution >= 0.6 is 0 Å². The molecule has 0 amide bonds. The number of anilines is 2. The molecule has 0 atom stereocenters. The summed E-state index contributed by atoms with van der Waals surface area (Å²) in [6, 6.07) is 4.33. The Kier molecular flexibility index (Phi) is 4.20. The van der Waals surface area contributed by atoms with Gasteiger partial charge in [-0.15, -0.1) is 0 Å². The third-order valence-electron chi connectivity index (χ3n) is 4.61. The van der Waals surface area contributed by atoms with Crippen LogP contribution in [-0.4, -0.2) is 41.1 Å². The largest absolute Gasteiger partial charge is 0.368 e. The molecule has 3 heterocycles. The average Bonchev–Trinajstić information content (AvgIpc) is 2.51. The van der Waals surface area contributed by atoms with E-state index >= 15 is 0 Å². The summed E-state index contributed by atoms with van der Waals surface area (Å²) in [7, 11) is 0. The van der Waals surface area contributed by atoms with Crippen molar-refractivity contribution in [3.8, 4) is 0 Å². The summed E-state index contributed by atoms with van der Waals surface area (Å²) in [5.74, 6) is 0.868. The van der Waals surface area contributed by atoms with Crippen LogP contribution in [0.15, 0.2) is 12.1 Å². The molecule has 1 aliphatic rings. The summed E-state index contributed by atoms with van der Waals surface area (Å²) in [6.07, 6.45) is 0. The number of aromatic nitrogens is 3. The molecular weight excluding hydrogens is 286 g/mol. The van der Waals surface area contributed by atoms with Crippen molar-refractivity contribution in [3.05, 3.63) is 40.5 Å². The van der Waals surface area contributed by atoms with Crippen molar-refractivity contribution in [1.82, 2.24) is 15.0 Å². The third kappa shape index (κ3) is 3.28. The zero-order valence-corrected chi connectivity index (χ0v) is 14.7. The normalized spacial score (nSPS) is 15.2. The summed E-state index contributed by atoms with van der Waals surface area (Å²) in [5.41, 5.74) is 6.78. The predicted octanol–water partition coefficient (Wildman–Crippen LogP) is 2.74. The second kappa shape index (κ2) is 6.14. The van der Waals surface area contributed by atoms with Gasteiger partial charge < -0.3 is 9.80 Å². The minimum absolute atomic E-state index is 0.868. The van der Waals surface area contributed by atoms with Gasteiger partial charge in [-0.25, -0.2) is 9.97 Å². The van der Waals surface area contributed by atoms with Crippen LogP contribution in [0, 0.1) is 34.6 Å². The molecular formula is C18H25N5. The smallest absolute Gasteiger partial charge is 0.225 e. The second-order valence-electron chi connectivity index (χ2n) is 6.40. The van der Waals surface area contributed by atoms with E-state index in [-0.39, 0.29) is 0 Å². The lowest BCUT2D eigenvalue weighted by Gasteiger charge is -2.36. The van der Waals surface area contributed by atoms with Crippen LogP contribution in [-0.2, 0) is 0 Å². The van der Waals surface area contributed by atoms with Crippen LogP contribution in [0.2, 0.25) is 0 Å². The van der Waals surface area contributed by atoms with Gasteiger partial charge in [-0.2, -0.15) is 0 Å². The molecule has 0 spiro atoms. The van der Waals surface area contributed by atoms with Gasteiger partial charge in [0.1, 0.15) is 0 Å². The maximum absolute atomic E-state index is 4.67. The van der Waals surface area contributed by atoms with Crippen molar-refractivity contribution in [2.24, 2.45) is 0 Å². The Hall–Kier alpha value is -2.17. The Balaban J connectivity index is 1.73. The van der Waals surface area contributed by atoms with Gasteiger partial charge in [-0.1, -0.05) is 0 Å². The summed E-state index contributed by atoms with van der Waals surface area (Å²) in [5, 5.41) is 0.